The Morgan fingerprint density at radius 2 is 1.76 bits per heavy atom. The zero-order valence-electron chi connectivity index (χ0n) is 14.5. The number of aryl methyl sites for hydroxylation is 1. The maximum atomic E-state index is 13.6. The Balaban J connectivity index is 2.36. The first-order valence-electron chi connectivity index (χ1n) is 7.96. The number of benzene rings is 2. The number of hydrogen-bond donors (Lipinski definition) is 0. The van der Waals surface area contributed by atoms with E-state index < -0.39 is 41.6 Å². The monoisotopic (exact) mass is 417 g/mol. The number of carbonyl (C=O) groups excluding carboxylic acids is 1. The van der Waals surface area contributed by atoms with Crippen molar-refractivity contribution in [1.82, 2.24) is 4.98 Å². The van der Waals surface area contributed by atoms with Crippen LogP contribution >= 0.6 is 0 Å². The summed E-state index contributed by atoms with van der Waals surface area (Å²) in [5.41, 5.74) is -1.15. The number of hydrogen-bond acceptors (Lipinski definition) is 3. The van der Waals surface area contributed by atoms with Gasteiger partial charge in [0.05, 0.1) is 11.1 Å². The molecular formula is C19H10F7NO2. The molecule has 0 saturated carbocycles. The minimum Gasteiger partial charge on any atom is -0.387 e. The van der Waals surface area contributed by atoms with Crippen LogP contribution in [0.5, 0.6) is 5.88 Å². The number of nitrogens with zero attached hydrogens (tertiary/aromatic N) is 1. The molecule has 3 aromatic rings. The molecule has 0 radical (unpaired) electrons. The Kier molecular flexibility index (Phi) is 5.20. The summed E-state index contributed by atoms with van der Waals surface area (Å²) < 4.78 is 94.7. The number of carbonyl (C=O) groups is 1. The lowest BCUT2D eigenvalue weighted by Gasteiger charge is -2.17. The minimum absolute atomic E-state index is 0.0250. The lowest BCUT2D eigenvalue weighted by Crippen LogP contribution is -2.22. The number of fused-ring (bicyclic) bond motifs is 1. The summed E-state index contributed by atoms with van der Waals surface area (Å²) in [4.78, 5) is 15.5. The van der Waals surface area contributed by atoms with E-state index in [1.165, 1.54) is 24.3 Å². The molecule has 0 aliphatic carbocycles. The first-order chi connectivity index (χ1) is 13.5. The number of rotatable bonds is 4. The average molecular weight is 417 g/mol. The van der Waals surface area contributed by atoms with E-state index in [0.717, 1.165) is 19.1 Å². The summed E-state index contributed by atoms with van der Waals surface area (Å²) >= 11 is 0. The van der Waals surface area contributed by atoms with Gasteiger partial charge in [0.25, 0.3) is 0 Å². The van der Waals surface area contributed by atoms with Crippen LogP contribution in [0.15, 0.2) is 36.4 Å². The summed E-state index contributed by atoms with van der Waals surface area (Å²) in [6.07, 6.45) is -8.89. The molecule has 152 valence electrons. The molecule has 3 rings (SSSR count). The molecule has 29 heavy (non-hydrogen) atoms. The van der Waals surface area contributed by atoms with Crippen molar-refractivity contribution < 1.29 is 40.3 Å². The molecule has 1 aromatic heterocycles. The maximum Gasteiger partial charge on any atom is 0.574 e. The second-order valence-electron chi connectivity index (χ2n) is 5.96. The van der Waals surface area contributed by atoms with Crippen molar-refractivity contribution >= 4 is 16.7 Å². The fraction of sp³-hybridized carbons (Fsp3) is 0.158. The second kappa shape index (κ2) is 7.34. The normalized spacial score (nSPS) is 11.9. The van der Waals surface area contributed by atoms with Gasteiger partial charge in [0.15, 0.2) is 11.6 Å². The number of pyridine rings is 1. The number of halogens is 7. The van der Waals surface area contributed by atoms with Crippen LogP contribution in [0.1, 0.15) is 15.9 Å². The molecule has 0 spiro atoms. The molecule has 0 aliphatic rings. The smallest absolute Gasteiger partial charge is 0.387 e. The summed E-state index contributed by atoms with van der Waals surface area (Å²) in [7, 11) is 0. The maximum absolute atomic E-state index is 13.6. The number of ketones is 1. The summed E-state index contributed by atoms with van der Waals surface area (Å²) in [6, 6.07) is 6.91. The zero-order valence-corrected chi connectivity index (χ0v) is 14.5. The first-order valence-corrected chi connectivity index (χ1v) is 7.96. The molecule has 10 heteroatoms. The van der Waals surface area contributed by atoms with Crippen molar-refractivity contribution in [3.63, 3.8) is 0 Å². The fourth-order valence-corrected chi connectivity index (χ4v) is 2.97. The third-order valence-corrected chi connectivity index (χ3v) is 4.12. The quantitative estimate of drug-likeness (QED) is 0.396. The van der Waals surface area contributed by atoms with E-state index >= 15 is 0 Å². The van der Waals surface area contributed by atoms with Crippen LogP contribution in [0.4, 0.5) is 30.7 Å². The Morgan fingerprint density at radius 3 is 2.34 bits per heavy atom. The van der Waals surface area contributed by atoms with Gasteiger partial charge in [0.1, 0.15) is 0 Å². The summed E-state index contributed by atoms with van der Waals surface area (Å²) in [5, 5.41) is 0.0250. The van der Waals surface area contributed by atoms with E-state index in [1.54, 1.807) is 0 Å². The predicted molar refractivity (Wildman–Crippen MR) is 88.8 cm³/mol. The van der Waals surface area contributed by atoms with Gasteiger partial charge < -0.3 is 4.74 Å². The molecule has 1 heterocycles. The predicted octanol–water partition coefficient (Wildman–Crippen LogP) is 5.83. The van der Waals surface area contributed by atoms with Gasteiger partial charge in [-0.1, -0.05) is 18.2 Å². The molecule has 0 unspecified atom stereocenters. The Bertz CT molecular complexity index is 1110. The van der Waals surface area contributed by atoms with Crippen LogP contribution in [0.2, 0.25) is 0 Å². The molecular weight excluding hydrogens is 407 g/mol. The third-order valence-electron chi connectivity index (χ3n) is 4.12. The van der Waals surface area contributed by atoms with E-state index in [-0.39, 0.29) is 27.6 Å². The van der Waals surface area contributed by atoms with Gasteiger partial charge in [-0.15, -0.1) is 13.2 Å². The molecule has 2 aromatic carbocycles. The largest absolute Gasteiger partial charge is 0.574 e. The van der Waals surface area contributed by atoms with Crippen molar-refractivity contribution in [2.45, 2.75) is 19.7 Å². The van der Waals surface area contributed by atoms with Gasteiger partial charge in [0, 0.05) is 5.39 Å². The minimum atomic E-state index is -5.28. The SMILES string of the molecule is Cc1c(C(=O)C(F)F)c(OC(F)(F)F)nc2cccc(-c3ccc(F)c(F)c3)c12. The fourth-order valence-electron chi connectivity index (χ4n) is 2.97. The molecule has 0 atom stereocenters. The van der Waals surface area contributed by atoms with Gasteiger partial charge >= 0.3 is 12.8 Å². The van der Waals surface area contributed by atoms with Crippen LogP contribution in [0.3, 0.4) is 0 Å². The first kappa shape index (κ1) is 20.6. The number of Topliss-reactive ketones (excluding diaryl/α,β-unsaturated/α-hetero) is 1. The van der Waals surface area contributed by atoms with Crippen molar-refractivity contribution in [3.05, 3.63) is 59.2 Å². The summed E-state index contributed by atoms with van der Waals surface area (Å²) in [6.45, 7) is 1.15. The third kappa shape index (κ3) is 4.01. The molecule has 0 fully saturated rings. The van der Waals surface area contributed by atoms with Crippen molar-refractivity contribution in [1.29, 1.82) is 0 Å². The summed E-state index contributed by atoms with van der Waals surface area (Å²) in [5.74, 6) is -5.53. The lowest BCUT2D eigenvalue weighted by atomic mass is 9.94. The van der Waals surface area contributed by atoms with Crippen LogP contribution in [-0.4, -0.2) is 23.6 Å². The Hall–Kier alpha value is -3.17. The molecule has 3 nitrogen and oxygen atoms in total. The Morgan fingerprint density at radius 1 is 1.07 bits per heavy atom. The van der Waals surface area contributed by atoms with E-state index in [0.29, 0.717) is 0 Å². The van der Waals surface area contributed by atoms with Crippen molar-refractivity contribution in [2.24, 2.45) is 0 Å². The molecule has 0 amide bonds. The van der Waals surface area contributed by atoms with Gasteiger partial charge in [-0.05, 0) is 41.8 Å². The van der Waals surface area contributed by atoms with Gasteiger partial charge in [-0.3, -0.25) is 4.79 Å². The highest BCUT2D eigenvalue weighted by Gasteiger charge is 2.36. The molecule has 0 bridgehead atoms. The van der Waals surface area contributed by atoms with Gasteiger partial charge in [-0.25, -0.2) is 22.5 Å². The van der Waals surface area contributed by atoms with Gasteiger partial charge in [0.2, 0.25) is 11.7 Å². The molecule has 0 aliphatic heterocycles. The van der Waals surface area contributed by atoms with E-state index in [9.17, 15) is 35.5 Å². The number of alkyl halides is 5. The molecule has 0 N–H and O–H groups in total. The zero-order chi connectivity index (χ0) is 21.5. The van der Waals surface area contributed by atoms with Crippen LogP contribution in [-0.2, 0) is 0 Å². The van der Waals surface area contributed by atoms with Crippen molar-refractivity contribution in [2.75, 3.05) is 0 Å². The Labute approximate surface area is 158 Å². The van der Waals surface area contributed by atoms with Gasteiger partial charge in [-0.2, -0.15) is 0 Å². The van der Waals surface area contributed by atoms with Crippen LogP contribution < -0.4 is 4.74 Å². The van der Waals surface area contributed by atoms with E-state index in [2.05, 4.69) is 9.72 Å². The van der Waals surface area contributed by atoms with Crippen LogP contribution in [0, 0.1) is 18.6 Å². The number of ether oxygens (including phenoxy) is 1. The van der Waals surface area contributed by atoms with Crippen LogP contribution in [0.25, 0.3) is 22.0 Å². The van der Waals surface area contributed by atoms with Crippen molar-refractivity contribution in [3.8, 4) is 17.0 Å². The van der Waals surface area contributed by atoms with E-state index in [1.807, 2.05) is 0 Å². The lowest BCUT2D eigenvalue weighted by molar-refractivity contribution is -0.276. The highest BCUT2D eigenvalue weighted by molar-refractivity contribution is 6.08. The highest BCUT2D eigenvalue weighted by Crippen LogP contribution is 2.37. The average Bonchev–Trinajstić information content (AvgIpc) is 2.62. The molecule has 0 saturated heterocycles. The topological polar surface area (TPSA) is 39.2 Å². The second-order valence-corrected chi connectivity index (χ2v) is 5.96. The number of aromatic nitrogens is 1. The highest BCUT2D eigenvalue weighted by atomic mass is 19.4. The van der Waals surface area contributed by atoms with E-state index in [4.69, 9.17) is 0 Å². The standard InChI is InChI=1S/C19H10F7NO2/c1-8-14-10(9-5-6-11(20)12(21)7-9)3-2-4-13(14)27-18(29-19(24,25)26)15(8)16(28)17(22)23/h2-7,17H,1H3.